The fourth-order valence-corrected chi connectivity index (χ4v) is 3.02. The van der Waals surface area contributed by atoms with Gasteiger partial charge in [-0.05, 0) is 49.2 Å². The Kier molecular flexibility index (Phi) is 5.66. The first-order valence-electron chi connectivity index (χ1n) is 8.73. The highest BCUT2D eigenvalue weighted by molar-refractivity contribution is 6.06. The lowest BCUT2D eigenvalue weighted by Gasteiger charge is -2.12. The molecule has 6 nitrogen and oxygen atoms in total. The fourth-order valence-electron chi connectivity index (χ4n) is 3.02. The van der Waals surface area contributed by atoms with Gasteiger partial charge in [0.05, 0.1) is 13.7 Å². The molecular formula is C21H24N2O4. The van der Waals surface area contributed by atoms with Crippen molar-refractivity contribution in [2.75, 3.05) is 32.8 Å². The molecule has 0 aliphatic rings. The summed E-state index contributed by atoms with van der Waals surface area (Å²) in [5.74, 6) is 0.938. The number of amides is 1. The molecule has 0 fully saturated rings. The van der Waals surface area contributed by atoms with E-state index in [1.54, 1.807) is 32.4 Å². The van der Waals surface area contributed by atoms with Crippen LogP contribution in [-0.4, -0.2) is 38.3 Å². The van der Waals surface area contributed by atoms with Crippen molar-refractivity contribution >= 4 is 22.5 Å². The largest absolute Gasteiger partial charge is 0.493 e. The smallest absolute Gasteiger partial charge is 0.272 e. The molecule has 142 valence electrons. The van der Waals surface area contributed by atoms with Crippen molar-refractivity contribution in [1.29, 1.82) is 0 Å². The van der Waals surface area contributed by atoms with E-state index in [0.29, 0.717) is 36.1 Å². The number of benzene rings is 2. The topological polar surface area (TPSA) is 72.6 Å². The number of aromatic nitrogens is 1. The molecule has 0 aliphatic carbocycles. The SMILES string of the molecule is COCCOc1cc(NC(=O)c2cc3c(C)cc(C)cc3[nH]2)ccc1OC. The van der Waals surface area contributed by atoms with Crippen LogP contribution in [0.4, 0.5) is 5.69 Å². The molecule has 27 heavy (non-hydrogen) atoms. The van der Waals surface area contributed by atoms with E-state index in [1.165, 1.54) is 0 Å². The quantitative estimate of drug-likeness (QED) is 0.617. The molecule has 0 saturated heterocycles. The van der Waals surface area contributed by atoms with Gasteiger partial charge in [0.15, 0.2) is 11.5 Å². The number of aryl methyl sites for hydroxylation is 2. The number of methoxy groups -OCH3 is 2. The number of rotatable bonds is 7. The fraction of sp³-hybridized carbons (Fsp3) is 0.286. The Morgan fingerprint density at radius 1 is 1.04 bits per heavy atom. The summed E-state index contributed by atoms with van der Waals surface area (Å²) < 4.78 is 16.0. The van der Waals surface area contributed by atoms with Crippen LogP contribution in [0.25, 0.3) is 10.9 Å². The lowest BCUT2D eigenvalue weighted by Crippen LogP contribution is -2.12. The van der Waals surface area contributed by atoms with Crippen LogP contribution >= 0.6 is 0 Å². The lowest BCUT2D eigenvalue weighted by atomic mass is 10.1. The number of hydrogen-bond donors (Lipinski definition) is 2. The number of aromatic amines is 1. The van der Waals surface area contributed by atoms with Crippen molar-refractivity contribution in [1.82, 2.24) is 4.98 Å². The van der Waals surface area contributed by atoms with Crippen LogP contribution in [0.5, 0.6) is 11.5 Å². The minimum absolute atomic E-state index is 0.212. The zero-order valence-corrected chi connectivity index (χ0v) is 16.0. The summed E-state index contributed by atoms with van der Waals surface area (Å²) in [5.41, 5.74) is 4.38. The molecule has 0 atom stereocenters. The van der Waals surface area contributed by atoms with Gasteiger partial charge in [0, 0.05) is 29.8 Å². The third kappa shape index (κ3) is 4.23. The van der Waals surface area contributed by atoms with Crippen LogP contribution < -0.4 is 14.8 Å². The molecule has 1 heterocycles. The Bertz CT molecular complexity index is 962. The summed E-state index contributed by atoms with van der Waals surface area (Å²) in [6.45, 7) is 4.94. The number of H-pyrrole nitrogens is 1. The molecule has 0 unspecified atom stereocenters. The molecule has 0 saturated carbocycles. The standard InChI is InChI=1S/C21H24N2O4/c1-13-9-14(2)16-12-18(23-17(16)10-13)21(24)22-15-5-6-19(26-4)20(11-15)27-8-7-25-3/h5-6,9-12,23H,7-8H2,1-4H3,(H,22,24). The summed E-state index contributed by atoms with van der Waals surface area (Å²) in [6.07, 6.45) is 0. The molecule has 3 aromatic rings. The number of hydrogen-bond acceptors (Lipinski definition) is 4. The van der Waals surface area contributed by atoms with Crippen molar-refractivity contribution in [3.05, 3.63) is 53.2 Å². The third-order valence-electron chi connectivity index (χ3n) is 4.30. The normalized spacial score (nSPS) is 10.8. The van der Waals surface area contributed by atoms with E-state index in [4.69, 9.17) is 14.2 Å². The van der Waals surface area contributed by atoms with Crippen molar-refractivity contribution in [3.63, 3.8) is 0 Å². The van der Waals surface area contributed by atoms with Crippen molar-refractivity contribution in [3.8, 4) is 11.5 Å². The van der Waals surface area contributed by atoms with Crippen LogP contribution in [-0.2, 0) is 4.74 Å². The third-order valence-corrected chi connectivity index (χ3v) is 4.30. The highest BCUT2D eigenvalue weighted by Gasteiger charge is 2.13. The number of ether oxygens (including phenoxy) is 3. The molecular weight excluding hydrogens is 344 g/mol. The maximum absolute atomic E-state index is 12.7. The van der Waals surface area contributed by atoms with Gasteiger partial charge >= 0.3 is 0 Å². The number of carbonyl (C=O) groups is 1. The summed E-state index contributed by atoms with van der Waals surface area (Å²) in [7, 11) is 3.19. The van der Waals surface area contributed by atoms with Gasteiger partial charge in [0.2, 0.25) is 0 Å². The van der Waals surface area contributed by atoms with Crippen molar-refractivity contribution in [2.45, 2.75) is 13.8 Å². The molecule has 3 rings (SSSR count). The Hall–Kier alpha value is -2.99. The van der Waals surface area contributed by atoms with Gasteiger partial charge in [-0.1, -0.05) is 6.07 Å². The van der Waals surface area contributed by atoms with Gasteiger partial charge in [0.25, 0.3) is 5.91 Å². The van der Waals surface area contributed by atoms with Gasteiger partial charge in [0.1, 0.15) is 12.3 Å². The molecule has 0 spiro atoms. The summed E-state index contributed by atoms with van der Waals surface area (Å²) >= 11 is 0. The molecule has 6 heteroatoms. The van der Waals surface area contributed by atoms with Crippen LogP contribution in [0.15, 0.2) is 36.4 Å². The van der Waals surface area contributed by atoms with Crippen LogP contribution in [0.3, 0.4) is 0 Å². The van der Waals surface area contributed by atoms with E-state index in [9.17, 15) is 4.79 Å². The maximum atomic E-state index is 12.7. The predicted molar refractivity (Wildman–Crippen MR) is 106 cm³/mol. The van der Waals surface area contributed by atoms with Gasteiger partial charge in [-0.25, -0.2) is 0 Å². The number of fused-ring (bicyclic) bond motifs is 1. The number of carbonyl (C=O) groups excluding carboxylic acids is 1. The Morgan fingerprint density at radius 3 is 2.59 bits per heavy atom. The zero-order chi connectivity index (χ0) is 19.4. The second-order valence-electron chi connectivity index (χ2n) is 6.39. The van der Waals surface area contributed by atoms with Gasteiger partial charge in [-0.15, -0.1) is 0 Å². The second-order valence-corrected chi connectivity index (χ2v) is 6.39. The average molecular weight is 368 g/mol. The number of nitrogens with one attached hydrogen (secondary N) is 2. The van der Waals surface area contributed by atoms with Crippen LogP contribution in [0, 0.1) is 13.8 Å². The Morgan fingerprint density at radius 2 is 1.85 bits per heavy atom. The summed E-state index contributed by atoms with van der Waals surface area (Å²) in [5, 5.41) is 3.94. The molecule has 0 bridgehead atoms. The van der Waals surface area contributed by atoms with Crippen molar-refractivity contribution in [2.24, 2.45) is 0 Å². The Labute approximate surface area is 158 Å². The maximum Gasteiger partial charge on any atom is 0.272 e. The van der Waals surface area contributed by atoms with Gasteiger partial charge in [-0.3, -0.25) is 4.79 Å². The van der Waals surface area contributed by atoms with E-state index in [-0.39, 0.29) is 5.91 Å². The summed E-state index contributed by atoms with van der Waals surface area (Å²) in [6, 6.07) is 11.3. The highest BCUT2D eigenvalue weighted by Crippen LogP contribution is 2.30. The Balaban J connectivity index is 1.81. The molecule has 0 aliphatic heterocycles. The van der Waals surface area contributed by atoms with Crippen LogP contribution in [0.2, 0.25) is 0 Å². The highest BCUT2D eigenvalue weighted by atomic mass is 16.5. The molecule has 2 N–H and O–H groups in total. The second kappa shape index (κ2) is 8.14. The molecule has 1 aromatic heterocycles. The first-order chi connectivity index (χ1) is 13.0. The van der Waals surface area contributed by atoms with Crippen molar-refractivity contribution < 1.29 is 19.0 Å². The first kappa shape index (κ1) is 18.8. The van der Waals surface area contributed by atoms with Crippen LogP contribution in [0.1, 0.15) is 21.6 Å². The first-order valence-corrected chi connectivity index (χ1v) is 8.73. The van der Waals surface area contributed by atoms with E-state index in [0.717, 1.165) is 22.0 Å². The van der Waals surface area contributed by atoms with E-state index >= 15 is 0 Å². The van der Waals surface area contributed by atoms with E-state index in [2.05, 4.69) is 16.4 Å². The lowest BCUT2D eigenvalue weighted by molar-refractivity contribution is 0.102. The molecule has 2 aromatic carbocycles. The van der Waals surface area contributed by atoms with Gasteiger partial charge < -0.3 is 24.5 Å². The zero-order valence-electron chi connectivity index (χ0n) is 16.0. The predicted octanol–water partition coefficient (Wildman–Crippen LogP) is 4.07. The minimum Gasteiger partial charge on any atom is -0.493 e. The molecule has 0 radical (unpaired) electrons. The minimum atomic E-state index is -0.212. The van der Waals surface area contributed by atoms with E-state index < -0.39 is 0 Å². The molecule has 1 amide bonds. The monoisotopic (exact) mass is 368 g/mol. The average Bonchev–Trinajstić information content (AvgIpc) is 3.07. The summed E-state index contributed by atoms with van der Waals surface area (Å²) in [4.78, 5) is 15.9. The van der Waals surface area contributed by atoms with Gasteiger partial charge in [-0.2, -0.15) is 0 Å². The van der Waals surface area contributed by atoms with E-state index in [1.807, 2.05) is 26.0 Å². The number of anilines is 1.